The fourth-order valence-corrected chi connectivity index (χ4v) is 4.74. The Kier molecular flexibility index (Phi) is 6.05. The van der Waals surface area contributed by atoms with Crippen molar-refractivity contribution in [3.63, 3.8) is 0 Å². The fourth-order valence-electron chi connectivity index (χ4n) is 3.80. The topological polar surface area (TPSA) is 60.9 Å². The third kappa shape index (κ3) is 4.91. The van der Waals surface area contributed by atoms with Crippen LogP contribution < -0.4 is 0 Å². The van der Waals surface area contributed by atoms with Gasteiger partial charge in [-0.3, -0.25) is 0 Å². The minimum atomic E-state index is -3.04. The van der Waals surface area contributed by atoms with Crippen LogP contribution in [0.4, 0.5) is 0 Å². The quantitative estimate of drug-likeness (QED) is 0.826. The molecule has 0 bridgehead atoms. The van der Waals surface area contributed by atoms with Crippen LogP contribution in [0.15, 0.2) is 0 Å². The molecule has 0 aromatic rings. The molecule has 124 valence electrons. The monoisotopic (exact) mass is 318 g/mol. The van der Waals surface area contributed by atoms with Gasteiger partial charge >= 0.3 is 0 Å². The number of nitrogens with zero attached hydrogens (tertiary/aromatic N) is 2. The van der Waals surface area contributed by atoms with Crippen molar-refractivity contribution in [3.8, 4) is 0 Å². The molecule has 6 heteroatoms. The SMILES string of the molecule is CN(CC1CCCN(S(C)(=O)=O)C1)C1CCC(CO)CC1. The van der Waals surface area contributed by atoms with E-state index in [4.69, 9.17) is 0 Å². The first-order valence-corrected chi connectivity index (χ1v) is 10.0. The zero-order valence-electron chi connectivity index (χ0n) is 13.4. The molecule has 1 saturated carbocycles. The van der Waals surface area contributed by atoms with Gasteiger partial charge in [-0.2, -0.15) is 0 Å². The van der Waals surface area contributed by atoms with Crippen molar-refractivity contribution in [2.24, 2.45) is 11.8 Å². The third-order valence-corrected chi connectivity index (χ3v) is 6.46. The summed E-state index contributed by atoms with van der Waals surface area (Å²) in [6.45, 7) is 2.67. The Bertz CT molecular complexity index is 419. The van der Waals surface area contributed by atoms with E-state index in [-0.39, 0.29) is 0 Å². The van der Waals surface area contributed by atoms with E-state index >= 15 is 0 Å². The summed E-state index contributed by atoms with van der Waals surface area (Å²) in [4.78, 5) is 2.42. The van der Waals surface area contributed by atoms with E-state index in [1.807, 2.05) is 0 Å². The predicted molar refractivity (Wildman–Crippen MR) is 84.6 cm³/mol. The average Bonchev–Trinajstić information content (AvgIpc) is 2.47. The summed E-state index contributed by atoms with van der Waals surface area (Å²) in [5, 5.41) is 9.21. The molecule has 0 spiro atoms. The molecule has 0 amide bonds. The van der Waals surface area contributed by atoms with Crippen LogP contribution in [0.25, 0.3) is 0 Å². The number of aliphatic hydroxyl groups is 1. The van der Waals surface area contributed by atoms with E-state index in [1.54, 1.807) is 4.31 Å². The van der Waals surface area contributed by atoms with Crippen LogP contribution in [0, 0.1) is 11.8 Å². The smallest absolute Gasteiger partial charge is 0.211 e. The molecule has 2 fully saturated rings. The number of rotatable bonds is 5. The first-order valence-electron chi connectivity index (χ1n) is 8.16. The van der Waals surface area contributed by atoms with Crippen LogP contribution in [0.5, 0.6) is 0 Å². The van der Waals surface area contributed by atoms with Crippen molar-refractivity contribution in [1.29, 1.82) is 0 Å². The minimum absolute atomic E-state index is 0.322. The van der Waals surface area contributed by atoms with Crippen molar-refractivity contribution < 1.29 is 13.5 Å². The van der Waals surface area contributed by atoms with Gasteiger partial charge in [0.1, 0.15) is 0 Å². The van der Waals surface area contributed by atoms with Gasteiger partial charge in [-0.05, 0) is 57.4 Å². The van der Waals surface area contributed by atoms with Gasteiger partial charge in [0.05, 0.1) is 6.26 Å². The Morgan fingerprint density at radius 1 is 1.14 bits per heavy atom. The average molecular weight is 318 g/mol. The van der Waals surface area contributed by atoms with Gasteiger partial charge in [-0.25, -0.2) is 12.7 Å². The summed E-state index contributed by atoms with van der Waals surface area (Å²) < 4.78 is 25.0. The van der Waals surface area contributed by atoms with Crippen LogP contribution in [-0.4, -0.2) is 68.3 Å². The van der Waals surface area contributed by atoms with Crippen molar-refractivity contribution in [3.05, 3.63) is 0 Å². The lowest BCUT2D eigenvalue weighted by molar-refractivity contribution is 0.106. The van der Waals surface area contributed by atoms with Crippen LogP contribution in [0.1, 0.15) is 38.5 Å². The Morgan fingerprint density at radius 3 is 2.38 bits per heavy atom. The lowest BCUT2D eigenvalue weighted by atomic mass is 9.85. The molecule has 1 heterocycles. The number of hydrogen-bond acceptors (Lipinski definition) is 4. The summed E-state index contributed by atoms with van der Waals surface area (Å²) in [5.74, 6) is 0.944. The molecule has 0 radical (unpaired) electrons. The molecule has 5 nitrogen and oxygen atoms in total. The molecule has 0 aromatic carbocycles. The summed E-state index contributed by atoms with van der Waals surface area (Å²) in [6, 6.07) is 0.599. The summed E-state index contributed by atoms with van der Waals surface area (Å²) in [7, 11) is -0.873. The molecule has 21 heavy (non-hydrogen) atoms. The number of aliphatic hydroxyl groups excluding tert-OH is 1. The molecular formula is C15H30N2O3S. The van der Waals surface area contributed by atoms with Gasteiger partial charge in [-0.15, -0.1) is 0 Å². The van der Waals surface area contributed by atoms with Crippen molar-refractivity contribution in [2.75, 3.05) is 39.5 Å². The summed E-state index contributed by atoms with van der Waals surface area (Å²) >= 11 is 0. The van der Waals surface area contributed by atoms with Gasteiger partial charge in [0.2, 0.25) is 10.0 Å². The largest absolute Gasteiger partial charge is 0.396 e. The van der Waals surface area contributed by atoms with E-state index in [1.165, 1.54) is 6.26 Å². The molecule has 1 aliphatic carbocycles. The number of hydrogen-bond donors (Lipinski definition) is 1. The molecule has 0 aromatic heterocycles. The van der Waals surface area contributed by atoms with Crippen LogP contribution in [0.3, 0.4) is 0 Å². The molecule has 1 saturated heterocycles. The molecule has 1 N–H and O–H groups in total. The van der Waals surface area contributed by atoms with E-state index < -0.39 is 10.0 Å². The normalized spacial score (nSPS) is 32.5. The first kappa shape index (κ1) is 17.2. The standard InChI is InChI=1S/C15H30N2O3S/c1-16(15-7-5-13(12-18)6-8-15)10-14-4-3-9-17(11-14)21(2,19)20/h13-15,18H,3-12H2,1-2H3. The van der Waals surface area contributed by atoms with Gasteiger partial charge in [0.25, 0.3) is 0 Å². The lowest BCUT2D eigenvalue weighted by Crippen LogP contribution is -2.45. The molecule has 1 atom stereocenters. The highest BCUT2D eigenvalue weighted by Gasteiger charge is 2.29. The highest BCUT2D eigenvalue weighted by atomic mass is 32.2. The van der Waals surface area contributed by atoms with Gasteiger partial charge < -0.3 is 10.0 Å². The Labute approximate surface area is 129 Å². The van der Waals surface area contributed by atoms with Crippen LogP contribution in [-0.2, 0) is 10.0 Å². The summed E-state index contributed by atoms with van der Waals surface area (Å²) in [5.41, 5.74) is 0. The van der Waals surface area contributed by atoms with Crippen LogP contribution >= 0.6 is 0 Å². The maximum Gasteiger partial charge on any atom is 0.211 e. The summed E-state index contributed by atoms with van der Waals surface area (Å²) in [6.07, 6.45) is 7.96. The van der Waals surface area contributed by atoms with Crippen LogP contribution in [0.2, 0.25) is 0 Å². The van der Waals surface area contributed by atoms with Gasteiger partial charge in [-0.1, -0.05) is 0 Å². The van der Waals surface area contributed by atoms with Crippen molar-refractivity contribution >= 4 is 10.0 Å². The second-order valence-electron chi connectivity index (χ2n) is 6.93. The fraction of sp³-hybridized carbons (Fsp3) is 1.00. The Morgan fingerprint density at radius 2 is 1.81 bits per heavy atom. The second-order valence-corrected chi connectivity index (χ2v) is 8.91. The highest BCUT2D eigenvalue weighted by Crippen LogP contribution is 2.28. The second kappa shape index (κ2) is 7.40. The predicted octanol–water partition coefficient (Wildman–Crippen LogP) is 1.14. The third-order valence-electron chi connectivity index (χ3n) is 5.19. The lowest BCUT2D eigenvalue weighted by Gasteiger charge is -2.38. The van der Waals surface area contributed by atoms with Crippen molar-refractivity contribution in [1.82, 2.24) is 9.21 Å². The number of piperidine rings is 1. The molecular weight excluding hydrogens is 288 g/mol. The highest BCUT2D eigenvalue weighted by molar-refractivity contribution is 7.88. The Balaban J connectivity index is 1.81. The van der Waals surface area contributed by atoms with E-state index in [0.29, 0.717) is 37.6 Å². The zero-order chi connectivity index (χ0) is 15.5. The molecule has 2 aliphatic rings. The first-order chi connectivity index (χ1) is 9.90. The number of sulfonamides is 1. The maximum absolute atomic E-state index is 11.7. The Hall–Kier alpha value is -0.170. The zero-order valence-corrected chi connectivity index (χ0v) is 14.2. The van der Waals surface area contributed by atoms with E-state index in [9.17, 15) is 13.5 Å². The van der Waals surface area contributed by atoms with E-state index in [2.05, 4.69) is 11.9 Å². The maximum atomic E-state index is 11.7. The minimum Gasteiger partial charge on any atom is -0.396 e. The van der Waals surface area contributed by atoms with Gasteiger partial charge in [0, 0.05) is 32.3 Å². The molecule has 1 unspecified atom stereocenters. The van der Waals surface area contributed by atoms with E-state index in [0.717, 1.165) is 45.1 Å². The molecule has 2 rings (SSSR count). The van der Waals surface area contributed by atoms with Gasteiger partial charge in [0.15, 0.2) is 0 Å². The van der Waals surface area contributed by atoms with Crippen molar-refractivity contribution in [2.45, 2.75) is 44.6 Å². The molecule has 1 aliphatic heterocycles.